The van der Waals surface area contributed by atoms with Crippen molar-refractivity contribution in [2.24, 2.45) is 0 Å². The number of H-pyrrole nitrogens is 1. The first kappa shape index (κ1) is 16.2. The fraction of sp³-hybridized carbons (Fsp3) is 0.353. The van der Waals surface area contributed by atoms with Crippen LogP contribution in [-0.4, -0.2) is 27.9 Å². The van der Waals surface area contributed by atoms with E-state index < -0.39 is 5.82 Å². The van der Waals surface area contributed by atoms with Crippen LogP contribution in [0, 0.1) is 5.82 Å². The van der Waals surface area contributed by atoms with Crippen LogP contribution in [0.4, 0.5) is 15.9 Å². The number of nitrogens with one attached hydrogen (secondary N) is 3. The smallest absolute Gasteiger partial charge is 0.275 e. The van der Waals surface area contributed by atoms with E-state index in [1.165, 1.54) is 24.5 Å². The van der Waals surface area contributed by atoms with Crippen LogP contribution in [-0.2, 0) is 0 Å². The van der Waals surface area contributed by atoms with Gasteiger partial charge in [0.2, 0.25) is 0 Å². The molecule has 1 aromatic carbocycles. The summed E-state index contributed by atoms with van der Waals surface area (Å²) in [5.74, 6) is -0.551. The first-order chi connectivity index (χ1) is 11.7. The van der Waals surface area contributed by atoms with Gasteiger partial charge in [0.1, 0.15) is 5.82 Å². The van der Waals surface area contributed by atoms with Crippen molar-refractivity contribution in [2.45, 2.75) is 32.1 Å². The van der Waals surface area contributed by atoms with Crippen molar-refractivity contribution in [3.05, 3.63) is 47.4 Å². The number of carbonyl (C=O) groups excluding carboxylic acids is 1. The Morgan fingerprint density at radius 3 is 2.92 bits per heavy atom. The summed E-state index contributed by atoms with van der Waals surface area (Å²) in [6.07, 6.45) is 7.82. The molecule has 1 heterocycles. The van der Waals surface area contributed by atoms with Gasteiger partial charge in [0.25, 0.3) is 5.91 Å². The summed E-state index contributed by atoms with van der Waals surface area (Å²) in [4.78, 5) is 12.3. The van der Waals surface area contributed by atoms with Crippen molar-refractivity contribution in [1.29, 1.82) is 0 Å². The van der Waals surface area contributed by atoms with Crippen LogP contribution in [0.3, 0.4) is 0 Å². The summed E-state index contributed by atoms with van der Waals surface area (Å²) in [6, 6.07) is 6.20. The van der Waals surface area contributed by atoms with Crippen molar-refractivity contribution < 1.29 is 9.18 Å². The van der Waals surface area contributed by atoms with E-state index in [1.54, 1.807) is 18.2 Å². The number of aromatic nitrogens is 3. The van der Waals surface area contributed by atoms with Gasteiger partial charge in [0, 0.05) is 6.54 Å². The fourth-order valence-electron chi connectivity index (χ4n) is 2.72. The Morgan fingerprint density at radius 2 is 2.12 bits per heavy atom. The molecule has 24 heavy (non-hydrogen) atoms. The summed E-state index contributed by atoms with van der Waals surface area (Å²) >= 11 is 0. The predicted octanol–water partition coefficient (Wildman–Crippen LogP) is 3.31. The molecule has 0 aliphatic heterocycles. The van der Waals surface area contributed by atoms with Crippen LogP contribution in [0.15, 0.2) is 35.9 Å². The molecule has 0 unspecified atom stereocenters. The quantitative estimate of drug-likeness (QED) is 0.710. The first-order valence-corrected chi connectivity index (χ1v) is 8.12. The Kier molecular flexibility index (Phi) is 5.20. The molecule has 1 aliphatic carbocycles. The highest BCUT2D eigenvalue weighted by Gasteiger charge is 2.17. The van der Waals surface area contributed by atoms with Crippen LogP contribution in [0.1, 0.15) is 42.6 Å². The summed E-state index contributed by atoms with van der Waals surface area (Å²) in [5, 5.41) is 15.8. The molecule has 7 heteroatoms. The van der Waals surface area contributed by atoms with Crippen LogP contribution in [0.25, 0.3) is 0 Å². The van der Waals surface area contributed by atoms with E-state index in [-0.39, 0.29) is 23.1 Å². The second-order valence-electron chi connectivity index (χ2n) is 5.74. The molecule has 0 radical (unpaired) electrons. The SMILES string of the molecule is O=C(NCCC1=CCCCC1)c1n[nH]nc1Nc1ccccc1F. The van der Waals surface area contributed by atoms with Gasteiger partial charge < -0.3 is 10.6 Å². The number of allylic oxidation sites excluding steroid dienone is 1. The minimum Gasteiger partial charge on any atom is -0.350 e. The average molecular weight is 329 g/mol. The average Bonchev–Trinajstić information content (AvgIpc) is 3.06. The molecule has 6 nitrogen and oxygen atoms in total. The lowest BCUT2D eigenvalue weighted by atomic mass is 9.97. The van der Waals surface area contributed by atoms with Gasteiger partial charge in [-0.05, 0) is 44.2 Å². The van der Waals surface area contributed by atoms with Crippen molar-refractivity contribution in [3.8, 4) is 0 Å². The molecular formula is C17H20FN5O. The maximum atomic E-state index is 13.7. The monoisotopic (exact) mass is 329 g/mol. The lowest BCUT2D eigenvalue weighted by Gasteiger charge is -2.12. The van der Waals surface area contributed by atoms with Crippen LogP contribution < -0.4 is 10.6 Å². The summed E-state index contributed by atoms with van der Waals surface area (Å²) in [5.41, 5.74) is 1.76. The molecule has 0 fully saturated rings. The Morgan fingerprint density at radius 1 is 1.25 bits per heavy atom. The van der Waals surface area contributed by atoms with Crippen molar-refractivity contribution in [1.82, 2.24) is 20.7 Å². The van der Waals surface area contributed by atoms with Crippen LogP contribution in [0.2, 0.25) is 0 Å². The zero-order valence-corrected chi connectivity index (χ0v) is 13.3. The Hall–Kier alpha value is -2.70. The van der Waals surface area contributed by atoms with Gasteiger partial charge in [-0.2, -0.15) is 5.21 Å². The topological polar surface area (TPSA) is 82.7 Å². The van der Waals surface area contributed by atoms with E-state index in [9.17, 15) is 9.18 Å². The Labute approximate surface area is 139 Å². The maximum Gasteiger partial charge on any atom is 0.275 e. The van der Waals surface area contributed by atoms with Gasteiger partial charge in [-0.1, -0.05) is 23.8 Å². The number of benzene rings is 1. The highest BCUT2D eigenvalue weighted by molar-refractivity contribution is 5.97. The predicted molar refractivity (Wildman–Crippen MR) is 89.6 cm³/mol. The van der Waals surface area contributed by atoms with Gasteiger partial charge in [-0.25, -0.2) is 4.39 Å². The van der Waals surface area contributed by atoms with E-state index >= 15 is 0 Å². The van der Waals surface area contributed by atoms with Crippen LogP contribution in [0.5, 0.6) is 0 Å². The Balaban J connectivity index is 1.59. The van der Waals surface area contributed by atoms with Crippen molar-refractivity contribution in [3.63, 3.8) is 0 Å². The molecular weight excluding hydrogens is 309 g/mol. The third-order valence-corrected chi connectivity index (χ3v) is 4.01. The molecule has 0 spiro atoms. The molecule has 1 aromatic heterocycles. The molecule has 1 aliphatic rings. The van der Waals surface area contributed by atoms with E-state index in [0.29, 0.717) is 6.54 Å². The molecule has 0 saturated carbocycles. The molecule has 126 valence electrons. The number of aromatic amines is 1. The lowest BCUT2D eigenvalue weighted by Crippen LogP contribution is -2.26. The summed E-state index contributed by atoms with van der Waals surface area (Å²) in [6.45, 7) is 0.552. The molecule has 2 aromatic rings. The largest absolute Gasteiger partial charge is 0.350 e. The Bertz CT molecular complexity index is 740. The van der Waals surface area contributed by atoms with Gasteiger partial charge in [-0.3, -0.25) is 4.79 Å². The number of carbonyl (C=O) groups is 1. The van der Waals surface area contributed by atoms with Crippen molar-refractivity contribution in [2.75, 3.05) is 11.9 Å². The van der Waals surface area contributed by atoms with E-state index in [2.05, 4.69) is 32.1 Å². The van der Waals surface area contributed by atoms with E-state index in [0.717, 1.165) is 19.3 Å². The standard InChI is InChI=1S/C17H20FN5O/c18-13-8-4-5-9-14(13)20-16-15(21-23-22-16)17(24)19-11-10-12-6-2-1-3-7-12/h4-6,8-9H,1-3,7,10-11H2,(H,19,24)(H2,20,21,22,23). The molecule has 3 rings (SSSR count). The zero-order valence-electron chi connectivity index (χ0n) is 13.3. The number of hydrogen-bond acceptors (Lipinski definition) is 4. The van der Waals surface area contributed by atoms with Gasteiger partial charge in [0.15, 0.2) is 11.5 Å². The number of nitrogens with zero attached hydrogens (tertiary/aromatic N) is 2. The van der Waals surface area contributed by atoms with Gasteiger partial charge in [-0.15, -0.1) is 10.2 Å². The minimum absolute atomic E-state index is 0.121. The summed E-state index contributed by atoms with van der Waals surface area (Å²) < 4.78 is 13.7. The second kappa shape index (κ2) is 7.72. The number of rotatable bonds is 6. The zero-order chi connectivity index (χ0) is 16.8. The minimum atomic E-state index is -0.420. The number of para-hydroxylation sites is 1. The van der Waals surface area contributed by atoms with E-state index in [1.807, 2.05) is 0 Å². The molecule has 0 atom stereocenters. The molecule has 0 saturated heterocycles. The number of amides is 1. The molecule has 1 amide bonds. The fourth-order valence-corrected chi connectivity index (χ4v) is 2.72. The highest BCUT2D eigenvalue weighted by Crippen LogP contribution is 2.21. The third-order valence-electron chi connectivity index (χ3n) is 4.01. The normalized spacial score (nSPS) is 14.1. The second-order valence-corrected chi connectivity index (χ2v) is 5.74. The third kappa shape index (κ3) is 3.98. The molecule has 0 bridgehead atoms. The van der Waals surface area contributed by atoms with Crippen LogP contribution >= 0.6 is 0 Å². The molecule has 3 N–H and O–H groups in total. The first-order valence-electron chi connectivity index (χ1n) is 8.12. The number of halogens is 1. The lowest BCUT2D eigenvalue weighted by molar-refractivity contribution is 0.0950. The van der Waals surface area contributed by atoms with Gasteiger partial charge in [0.05, 0.1) is 5.69 Å². The summed E-state index contributed by atoms with van der Waals surface area (Å²) in [7, 11) is 0. The van der Waals surface area contributed by atoms with E-state index in [4.69, 9.17) is 0 Å². The maximum absolute atomic E-state index is 13.7. The number of hydrogen-bond donors (Lipinski definition) is 3. The van der Waals surface area contributed by atoms with Crippen molar-refractivity contribution >= 4 is 17.4 Å². The number of anilines is 2. The van der Waals surface area contributed by atoms with Gasteiger partial charge >= 0.3 is 0 Å². The highest BCUT2D eigenvalue weighted by atomic mass is 19.1.